The Kier molecular flexibility index (Phi) is 5.08. The molecule has 2 N–H and O–H groups in total. The van der Waals surface area contributed by atoms with Gasteiger partial charge in [-0.05, 0) is 34.8 Å². The number of carbonyl (C=O) groups excluding carboxylic acids is 1. The summed E-state index contributed by atoms with van der Waals surface area (Å²) < 4.78 is 0.501. The van der Waals surface area contributed by atoms with E-state index in [0.717, 1.165) is 12.8 Å². The van der Waals surface area contributed by atoms with Crippen LogP contribution in [0.15, 0.2) is 22.7 Å². The van der Waals surface area contributed by atoms with E-state index in [1.54, 1.807) is 0 Å². The van der Waals surface area contributed by atoms with Gasteiger partial charge in [0.05, 0.1) is 17.2 Å². The van der Waals surface area contributed by atoms with Crippen molar-refractivity contribution in [2.45, 2.75) is 31.7 Å². The van der Waals surface area contributed by atoms with Gasteiger partial charge in [-0.1, -0.05) is 12.8 Å². The lowest BCUT2D eigenvalue weighted by atomic mass is 10.2. The molecule has 0 unspecified atom stereocenters. The van der Waals surface area contributed by atoms with E-state index < -0.39 is 4.92 Å². The Hall–Kier alpha value is -1.47. The predicted molar refractivity (Wildman–Crippen MR) is 79.7 cm³/mol. The molecule has 1 aromatic carbocycles. The summed E-state index contributed by atoms with van der Waals surface area (Å²) in [6.45, 7) is 0.258. The summed E-state index contributed by atoms with van der Waals surface area (Å²) in [5.74, 6) is -0.147. The third-order valence-corrected chi connectivity index (χ3v) is 4.00. The van der Waals surface area contributed by atoms with E-state index >= 15 is 0 Å². The van der Waals surface area contributed by atoms with Crippen LogP contribution >= 0.6 is 15.9 Å². The number of non-ortho nitro benzene ring substituents is 1. The van der Waals surface area contributed by atoms with Crippen LogP contribution in [0.5, 0.6) is 0 Å². The number of amides is 1. The van der Waals surface area contributed by atoms with Crippen molar-refractivity contribution in [2.24, 2.45) is 0 Å². The van der Waals surface area contributed by atoms with Crippen LogP contribution in [0.4, 0.5) is 11.4 Å². The number of nitro groups is 1. The summed E-state index contributed by atoms with van der Waals surface area (Å²) in [6, 6.07) is 4.70. The normalized spacial score (nSPS) is 15.2. The van der Waals surface area contributed by atoms with E-state index in [2.05, 4.69) is 26.6 Å². The van der Waals surface area contributed by atoms with E-state index in [1.807, 2.05) is 0 Å². The summed E-state index contributed by atoms with van der Waals surface area (Å²) in [7, 11) is 0. The van der Waals surface area contributed by atoms with Gasteiger partial charge >= 0.3 is 0 Å². The maximum Gasteiger partial charge on any atom is 0.270 e. The molecule has 1 aliphatic rings. The molecule has 1 fully saturated rings. The van der Waals surface area contributed by atoms with E-state index in [1.165, 1.54) is 31.0 Å². The average Bonchev–Trinajstić information content (AvgIpc) is 2.91. The van der Waals surface area contributed by atoms with Crippen molar-refractivity contribution in [3.05, 3.63) is 32.8 Å². The van der Waals surface area contributed by atoms with Crippen molar-refractivity contribution in [3.63, 3.8) is 0 Å². The van der Waals surface area contributed by atoms with Crippen molar-refractivity contribution in [1.82, 2.24) is 5.32 Å². The van der Waals surface area contributed by atoms with Gasteiger partial charge in [-0.25, -0.2) is 0 Å². The minimum Gasteiger partial charge on any atom is -0.324 e. The fourth-order valence-electron chi connectivity index (χ4n) is 2.28. The Morgan fingerprint density at radius 3 is 2.70 bits per heavy atom. The molecule has 0 atom stereocenters. The van der Waals surface area contributed by atoms with E-state index in [-0.39, 0.29) is 18.1 Å². The molecule has 0 heterocycles. The zero-order valence-corrected chi connectivity index (χ0v) is 12.5. The van der Waals surface area contributed by atoms with Crippen molar-refractivity contribution >= 4 is 33.2 Å². The van der Waals surface area contributed by atoms with Crippen LogP contribution in [-0.2, 0) is 4.79 Å². The number of hydrogen-bond donors (Lipinski definition) is 2. The van der Waals surface area contributed by atoms with Crippen LogP contribution in [0.1, 0.15) is 25.7 Å². The highest BCUT2D eigenvalue weighted by atomic mass is 79.9. The summed E-state index contributed by atoms with van der Waals surface area (Å²) in [5.41, 5.74) is 0.521. The number of hydrogen-bond acceptors (Lipinski definition) is 4. The van der Waals surface area contributed by atoms with Gasteiger partial charge in [-0.2, -0.15) is 0 Å². The minimum atomic E-state index is -0.474. The highest BCUT2D eigenvalue weighted by Crippen LogP contribution is 2.27. The molecular formula is C13H16BrN3O3. The van der Waals surface area contributed by atoms with Crippen LogP contribution in [0.2, 0.25) is 0 Å². The standard InChI is InChI=1S/C13H16BrN3O3/c14-11-7-10(17(19)20)5-6-12(11)16-13(18)8-15-9-3-1-2-4-9/h5-7,9,15H,1-4,8H2,(H,16,18). The molecule has 20 heavy (non-hydrogen) atoms. The number of halogens is 1. The summed E-state index contributed by atoms with van der Waals surface area (Å²) in [6.07, 6.45) is 4.67. The van der Waals surface area contributed by atoms with E-state index in [9.17, 15) is 14.9 Å². The predicted octanol–water partition coefficient (Wildman–Crippen LogP) is 2.83. The Bertz CT molecular complexity index is 516. The number of nitrogens with one attached hydrogen (secondary N) is 2. The molecule has 7 heteroatoms. The molecule has 0 radical (unpaired) electrons. The van der Waals surface area contributed by atoms with Crippen LogP contribution in [-0.4, -0.2) is 23.4 Å². The minimum absolute atomic E-state index is 0.0149. The molecule has 2 rings (SSSR count). The Morgan fingerprint density at radius 1 is 1.40 bits per heavy atom. The molecule has 0 spiro atoms. The summed E-state index contributed by atoms with van der Waals surface area (Å²) >= 11 is 3.22. The molecule has 108 valence electrons. The topological polar surface area (TPSA) is 84.3 Å². The highest BCUT2D eigenvalue weighted by Gasteiger charge is 2.16. The zero-order valence-electron chi connectivity index (χ0n) is 10.9. The second-order valence-corrected chi connectivity index (χ2v) is 5.69. The largest absolute Gasteiger partial charge is 0.324 e. The van der Waals surface area contributed by atoms with Gasteiger partial charge in [0.15, 0.2) is 0 Å². The lowest BCUT2D eigenvalue weighted by molar-refractivity contribution is -0.384. The summed E-state index contributed by atoms with van der Waals surface area (Å²) in [5, 5.41) is 16.6. The molecule has 6 nitrogen and oxygen atoms in total. The van der Waals surface area contributed by atoms with Crippen LogP contribution in [0.3, 0.4) is 0 Å². The van der Waals surface area contributed by atoms with Crippen LogP contribution in [0, 0.1) is 10.1 Å². The maximum absolute atomic E-state index is 11.8. The number of rotatable bonds is 5. The molecule has 1 aromatic rings. The van der Waals surface area contributed by atoms with Crippen molar-refractivity contribution in [3.8, 4) is 0 Å². The molecule has 1 saturated carbocycles. The molecule has 0 bridgehead atoms. The lowest BCUT2D eigenvalue weighted by Gasteiger charge is -2.12. The molecule has 0 aromatic heterocycles. The fourth-order valence-corrected chi connectivity index (χ4v) is 2.75. The summed E-state index contributed by atoms with van der Waals surface area (Å²) in [4.78, 5) is 22.0. The molecule has 0 saturated heterocycles. The zero-order chi connectivity index (χ0) is 14.5. The van der Waals surface area contributed by atoms with E-state index in [4.69, 9.17) is 0 Å². The molecule has 0 aliphatic heterocycles. The van der Waals surface area contributed by atoms with Gasteiger partial charge in [-0.3, -0.25) is 14.9 Å². The monoisotopic (exact) mass is 341 g/mol. The molecular weight excluding hydrogens is 326 g/mol. The third kappa shape index (κ3) is 4.01. The average molecular weight is 342 g/mol. The SMILES string of the molecule is O=C(CNC1CCCC1)Nc1ccc([N+](=O)[O-])cc1Br. The van der Waals surface area contributed by atoms with Gasteiger partial charge in [0.2, 0.25) is 5.91 Å². The number of benzene rings is 1. The van der Waals surface area contributed by atoms with Crippen LogP contribution < -0.4 is 10.6 Å². The van der Waals surface area contributed by atoms with Gasteiger partial charge < -0.3 is 10.6 Å². The first-order valence-corrected chi connectivity index (χ1v) is 7.33. The second-order valence-electron chi connectivity index (χ2n) is 4.83. The lowest BCUT2D eigenvalue weighted by Crippen LogP contribution is -2.34. The van der Waals surface area contributed by atoms with E-state index in [0.29, 0.717) is 16.2 Å². The van der Waals surface area contributed by atoms with Crippen molar-refractivity contribution in [2.75, 3.05) is 11.9 Å². The smallest absolute Gasteiger partial charge is 0.270 e. The van der Waals surface area contributed by atoms with Crippen molar-refractivity contribution in [1.29, 1.82) is 0 Å². The molecule has 1 aliphatic carbocycles. The van der Waals surface area contributed by atoms with Crippen molar-refractivity contribution < 1.29 is 9.72 Å². The first-order valence-electron chi connectivity index (χ1n) is 6.53. The van der Waals surface area contributed by atoms with Gasteiger partial charge in [0, 0.05) is 22.6 Å². The first-order chi connectivity index (χ1) is 9.56. The number of nitro benzene ring substituents is 1. The molecule has 1 amide bonds. The maximum atomic E-state index is 11.8. The van der Waals surface area contributed by atoms with Gasteiger partial charge in [0.25, 0.3) is 5.69 Å². The van der Waals surface area contributed by atoms with Crippen LogP contribution in [0.25, 0.3) is 0 Å². The quantitative estimate of drug-likeness (QED) is 0.637. The first kappa shape index (κ1) is 14.9. The number of anilines is 1. The Labute approximate surface area is 125 Å². The number of nitrogens with zero attached hydrogens (tertiary/aromatic N) is 1. The second kappa shape index (κ2) is 6.81. The van der Waals surface area contributed by atoms with Gasteiger partial charge in [-0.15, -0.1) is 0 Å². The Morgan fingerprint density at radius 2 is 2.10 bits per heavy atom. The highest BCUT2D eigenvalue weighted by molar-refractivity contribution is 9.10. The fraction of sp³-hybridized carbons (Fsp3) is 0.462. The third-order valence-electron chi connectivity index (χ3n) is 3.34. The number of carbonyl (C=O) groups is 1. The van der Waals surface area contributed by atoms with Gasteiger partial charge in [0.1, 0.15) is 0 Å². The Balaban J connectivity index is 1.88.